The number of hydrogen-bond acceptors (Lipinski definition) is 5. The Labute approximate surface area is 182 Å². The molecule has 1 rings (SSSR count). The minimum atomic E-state index is -1.26. The molecule has 0 saturated heterocycles. The van der Waals surface area contributed by atoms with Gasteiger partial charge >= 0.3 is 6.09 Å². The van der Waals surface area contributed by atoms with E-state index in [-0.39, 0.29) is 31.3 Å². The molecule has 2 unspecified atom stereocenters. The molecule has 172 valence electrons. The van der Waals surface area contributed by atoms with Crippen molar-refractivity contribution in [3.63, 3.8) is 0 Å². The number of Topliss-reactive ketones (excluding diaryl/α,β-unsaturated/α-hetero) is 1. The summed E-state index contributed by atoms with van der Waals surface area (Å²) in [6.07, 6.45) is -0.264. The Bertz CT molecular complexity index is 742. The Morgan fingerprint density at radius 2 is 1.74 bits per heavy atom. The van der Waals surface area contributed by atoms with Crippen molar-refractivity contribution >= 4 is 23.7 Å². The Morgan fingerprint density at radius 1 is 1.10 bits per heavy atom. The summed E-state index contributed by atoms with van der Waals surface area (Å²) in [5, 5.41) is 5.02. The molecule has 0 saturated carbocycles. The maximum atomic E-state index is 13.0. The lowest BCUT2D eigenvalue weighted by atomic mass is 9.97. The van der Waals surface area contributed by atoms with Crippen molar-refractivity contribution in [2.24, 2.45) is 5.92 Å². The second kappa shape index (κ2) is 13.4. The van der Waals surface area contributed by atoms with Crippen molar-refractivity contribution in [3.8, 4) is 0 Å². The van der Waals surface area contributed by atoms with Crippen molar-refractivity contribution in [1.29, 1.82) is 0 Å². The summed E-state index contributed by atoms with van der Waals surface area (Å²) in [6.45, 7) is 2.39. The molecule has 9 heteroatoms. The molecule has 0 aliphatic heterocycles. The van der Waals surface area contributed by atoms with Gasteiger partial charge in [0, 0.05) is 20.5 Å². The van der Waals surface area contributed by atoms with E-state index in [0.717, 1.165) is 5.56 Å². The quantitative estimate of drug-likeness (QED) is 0.522. The van der Waals surface area contributed by atoms with Gasteiger partial charge in [-0.2, -0.15) is 0 Å². The summed E-state index contributed by atoms with van der Waals surface area (Å²) in [7, 11) is 3.13. The molecule has 0 spiro atoms. The number of ketones is 1. The first kappa shape index (κ1) is 26.1. The summed E-state index contributed by atoms with van der Waals surface area (Å²) >= 11 is 0. The fourth-order valence-corrected chi connectivity index (χ4v) is 2.75. The molecular weight excluding hydrogens is 405 g/mol. The first-order valence-electron chi connectivity index (χ1n) is 10.3. The van der Waals surface area contributed by atoms with E-state index in [1.807, 2.05) is 25.1 Å². The summed E-state index contributed by atoms with van der Waals surface area (Å²) in [6, 6.07) is 6.93. The smallest absolute Gasteiger partial charge is 0.408 e. The number of halogens is 1. The number of carbonyl (C=O) groups is 4. The molecule has 0 radical (unpaired) electrons. The van der Waals surface area contributed by atoms with Crippen LogP contribution in [0.25, 0.3) is 0 Å². The second-order valence-electron chi connectivity index (χ2n) is 7.56. The Kier molecular flexibility index (Phi) is 11.2. The van der Waals surface area contributed by atoms with Gasteiger partial charge in [-0.1, -0.05) is 50.6 Å². The van der Waals surface area contributed by atoms with Crippen molar-refractivity contribution in [3.05, 3.63) is 35.9 Å². The van der Waals surface area contributed by atoms with Crippen molar-refractivity contribution in [2.45, 2.75) is 51.8 Å². The maximum Gasteiger partial charge on any atom is 0.408 e. The van der Waals surface area contributed by atoms with Crippen LogP contribution in [0.3, 0.4) is 0 Å². The van der Waals surface area contributed by atoms with Crippen LogP contribution in [0.4, 0.5) is 9.18 Å². The number of carbonyl (C=O) groups excluding carboxylic acids is 4. The van der Waals surface area contributed by atoms with Crippen molar-refractivity contribution in [2.75, 3.05) is 20.8 Å². The van der Waals surface area contributed by atoms with Crippen LogP contribution in [-0.4, -0.2) is 61.4 Å². The van der Waals surface area contributed by atoms with Crippen LogP contribution in [0.2, 0.25) is 0 Å². The van der Waals surface area contributed by atoms with E-state index in [1.54, 1.807) is 33.2 Å². The number of amides is 3. The largest absolute Gasteiger partial charge is 0.445 e. The van der Waals surface area contributed by atoms with Crippen LogP contribution in [0.5, 0.6) is 0 Å². The number of alkyl carbamates (subject to hydrolysis) is 1. The topological polar surface area (TPSA) is 105 Å². The molecular formula is C22H32FN3O5. The normalized spacial score (nSPS) is 13.5. The monoisotopic (exact) mass is 437 g/mol. The zero-order chi connectivity index (χ0) is 23.4. The lowest BCUT2D eigenvalue weighted by Gasteiger charge is -2.26. The van der Waals surface area contributed by atoms with Gasteiger partial charge in [-0.15, -0.1) is 0 Å². The third-order valence-electron chi connectivity index (χ3n) is 4.96. The predicted molar refractivity (Wildman–Crippen MR) is 114 cm³/mol. The van der Waals surface area contributed by atoms with E-state index in [9.17, 15) is 23.6 Å². The fourth-order valence-electron chi connectivity index (χ4n) is 2.75. The van der Waals surface area contributed by atoms with Gasteiger partial charge in [-0.3, -0.25) is 14.4 Å². The molecule has 3 atom stereocenters. The van der Waals surface area contributed by atoms with Gasteiger partial charge in [0.2, 0.25) is 11.8 Å². The van der Waals surface area contributed by atoms with Gasteiger partial charge in [-0.25, -0.2) is 9.18 Å². The minimum Gasteiger partial charge on any atom is -0.445 e. The van der Waals surface area contributed by atoms with Gasteiger partial charge in [0.15, 0.2) is 5.78 Å². The van der Waals surface area contributed by atoms with Gasteiger partial charge in [-0.05, 0) is 17.9 Å². The number of benzene rings is 1. The standard InChI is InChI=1S/C22H32FN3O5/c1-5-15(2)20(25-22(30)31-14-16-9-7-6-8-10-16)21(29)24-17(18(27)13-23)11-12-19(28)26(3)4/h6-10,15,17,20H,5,11-14H2,1-4H3,(H,24,29)(H,25,30)/t15?,17?,20-/m0/s1. The third kappa shape index (κ3) is 9.15. The molecule has 1 aromatic carbocycles. The molecule has 3 amide bonds. The SMILES string of the molecule is CCC(C)[C@H](NC(=O)OCc1ccccc1)C(=O)NC(CCC(=O)N(C)C)C(=O)CF. The maximum absolute atomic E-state index is 13.0. The highest BCUT2D eigenvalue weighted by Gasteiger charge is 2.30. The molecule has 0 fully saturated rings. The van der Waals surface area contributed by atoms with Gasteiger partial charge in [0.1, 0.15) is 19.3 Å². The molecule has 0 aliphatic rings. The van der Waals surface area contributed by atoms with E-state index >= 15 is 0 Å². The summed E-state index contributed by atoms with van der Waals surface area (Å²) < 4.78 is 18.2. The average Bonchev–Trinajstić information content (AvgIpc) is 2.77. The first-order valence-corrected chi connectivity index (χ1v) is 10.3. The Balaban J connectivity index is 2.78. The van der Waals surface area contributed by atoms with Crippen LogP contribution in [0.1, 0.15) is 38.7 Å². The molecule has 0 heterocycles. The number of hydrogen-bond donors (Lipinski definition) is 2. The number of ether oxygens (including phenoxy) is 1. The molecule has 2 N–H and O–H groups in total. The van der Waals surface area contributed by atoms with Gasteiger partial charge in [0.25, 0.3) is 0 Å². The van der Waals surface area contributed by atoms with Crippen LogP contribution in [-0.2, 0) is 25.7 Å². The lowest BCUT2D eigenvalue weighted by molar-refractivity contribution is -0.132. The minimum absolute atomic E-state index is 0.0236. The summed E-state index contributed by atoms with van der Waals surface area (Å²) in [5.74, 6) is -1.97. The summed E-state index contributed by atoms with van der Waals surface area (Å²) in [4.78, 5) is 50.1. The number of alkyl halides is 1. The van der Waals surface area contributed by atoms with E-state index < -0.39 is 36.5 Å². The van der Waals surface area contributed by atoms with E-state index in [1.165, 1.54) is 4.90 Å². The number of nitrogens with zero attached hydrogens (tertiary/aromatic N) is 1. The van der Waals surface area contributed by atoms with Crippen molar-refractivity contribution in [1.82, 2.24) is 15.5 Å². The molecule has 0 bridgehead atoms. The molecule has 0 aromatic heterocycles. The number of nitrogens with one attached hydrogen (secondary N) is 2. The molecule has 8 nitrogen and oxygen atoms in total. The number of rotatable bonds is 12. The van der Waals surface area contributed by atoms with Crippen LogP contribution < -0.4 is 10.6 Å². The molecule has 0 aliphatic carbocycles. The second-order valence-corrected chi connectivity index (χ2v) is 7.56. The Hall–Kier alpha value is -2.97. The zero-order valence-corrected chi connectivity index (χ0v) is 18.5. The zero-order valence-electron chi connectivity index (χ0n) is 18.5. The summed E-state index contributed by atoms with van der Waals surface area (Å²) in [5.41, 5.74) is 0.793. The highest BCUT2D eigenvalue weighted by Crippen LogP contribution is 2.11. The first-order chi connectivity index (χ1) is 14.7. The average molecular weight is 438 g/mol. The van der Waals surface area contributed by atoms with E-state index in [4.69, 9.17) is 4.74 Å². The third-order valence-corrected chi connectivity index (χ3v) is 4.96. The van der Waals surface area contributed by atoms with E-state index in [0.29, 0.717) is 6.42 Å². The Morgan fingerprint density at radius 3 is 2.29 bits per heavy atom. The van der Waals surface area contributed by atoms with Crippen LogP contribution >= 0.6 is 0 Å². The molecule has 31 heavy (non-hydrogen) atoms. The molecule has 1 aromatic rings. The van der Waals surface area contributed by atoms with Gasteiger partial charge in [0.05, 0.1) is 6.04 Å². The van der Waals surface area contributed by atoms with Gasteiger partial charge < -0.3 is 20.3 Å². The van der Waals surface area contributed by atoms with E-state index in [2.05, 4.69) is 10.6 Å². The highest BCUT2D eigenvalue weighted by molar-refractivity contribution is 5.93. The lowest BCUT2D eigenvalue weighted by Crippen LogP contribution is -2.54. The predicted octanol–water partition coefficient (Wildman–Crippen LogP) is 2.22. The van der Waals surface area contributed by atoms with Crippen molar-refractivity contribution < 1.29 is 28.3 Å². The highest BCUT2D eigenvalue weighted by atomic mass is 19.1. The fraction of sp³-hybridized carbons (Fsp3) is 0.545. The van der Waals surface area contributed by atoms with Crippen LogP contribution in [0, 0.1) is 5.92 Å². The van der Waals surface area contributed by atoms with Crippen LogP contribution in [0.15, 0.2) is 30.3 Å².